The largest absolute Gasteiger partial charge is 0.368 e. The fourth-order valence-electron chi connectivity index (χ4n) is 3.59. The molecule has 1 aliphatic rings. The molecule has 0 aliphatic carbocycles. The number of pyridine rings is 1. The second-order valence-electron chi connectivity index (χ2n) is 7.91. The molecule has 0 unspecified atom stereocenters. The lowest BCUT2D eigenvalue weighted by molar-refractivity contribution is -0.128. The zero-order valence-electron chi connectivity index (χ0n) is 18.1. The molecule has 0 saturated carbocycles. The number of nitrogens with zero attached hydrogens (tertiary/aromatic N) is 5. The molecule has 31 heavy (non-hydrogen) atoms. The number of anilines is 1. The number of aromatic nitrogens is 3. The monoisotopic (exact) mass is 437 g/mol. The fourth-order valence-corrected chi connectivity index (χ4v) is 4.48. The van der Waals surface area contributed by atoms with Crippen molar-refractivity contribution in [3.63, 3.8) is 0 Å². The molecule has 3 heterocycles. The van der Waals surface area contributed by atoms with Gasteiger partial charge in [-0.1, -0.05) is 49.0 Å². The van der Waals surface area contributed by atoms with Crippen molar-refractivity contribution in [2.24, 2.45) is 0 Å². The third kappa shape index (κ3) is 4.90. The Morgan fingerprint density at radius 1 is 1.13 bits per heavy atom. The molecule has 8 heteroatoms. The van der Waals surface area contributed by atoms with Crippen molar-refractivity contribution < 1.29 is 9.32 Å². The zero-order valence-corrected chi connectivity index (χ0v) is 18.9. The minimum absolute atomic E-state index is 0.127. The molecule has 3 aromatic rings. The third-order valence-corrected chi connectivity index (χ3v) is 6.36. The summed E-state index contributed by atoms with van der Waals surface area (Å²) in [4.78, 5) is 26.0. The van der Waals surface area contributed by atoms with Crippen LogP contribution in [0.4, 0.5) is 5.69 Å². The highest BCUT2D eigenvalue weighted by atomic mass is 32.2. The second-order valence-corrected chi connectivity index (χ2v) is 8.87. The van der Waals surface area contributed by atoms with Crippen LogP contribution in [-0.2, 0) is 4.79 Å². The molecular weight excluding hydrogens is 410 g/mol. The number of carbonyl (C=O) groups is 1. The van der Waals surface area contributed by atoms with Crippen LogP contribution in [0.25, 0.3) is 11.4 Å². The van der Waals surface area contributed by atoms with Gasteiger partial charge in [-0.25, -0.2) is 4.98 Å². The Morgan fingerprint density at radius 2 is 1.90 bits per heavy atom. The average molecular weight is 438 g/mol. The molecule has 1 saturated heterocycles. The Hall–Kier alpha value is -2.87. The van der Waals surface area contributed by atoms with E-state index in [-0.39, 0.29) is 11.8 Å². The maximum absolute atomic E-state index is 12.8. The third-order valence-electron chi connectivity index (χ3n) is 5.37. The number of benzene rings is 1. The second kappa shape index (κ2) is 9.51. The summed E-state index contributed by atoms with van der Waals surface area (Å²) in [5, 5.41) is 4.83. The molecule has 7 nitrogen and oxygen atoms in total. The van der Waals surface area contributed by atoms with E-state index in [2.05, 4.69) is 51.2 Å². The highest BCUT2D eigenvalue weighted by molar-refractivity contribution is 8.00. The van der Waals surface area contributed by atoms with Crippen LogP contribution < -0.4 is 4.90 Å². The van der Waals surface area contributed by atoms with Crippen LogP contribution in [0.2, 0.25) is 0 Å². The summed E-state index contributed by atoms with van der Waals surface area (Å²) >= 11 is 1.42. The molecule has 1 aromatic carbocycles. The Bertz CT molecular complexity index is 1040. The highest BCUT2D eigenvalue weighted by Gasteiger charge is 2.23. The van der Waals surface area contributed by atoms with Crippen molar-refractivity contribution >= 4 is 23.4 Å². The van der Waals surface area contributed by atoms with Crippen molar-refractivity contribution in [3.05, 3.63) is 54.0 Å². The zero-order chi connectivity index (χ0) is 21.8. The smallest absolute Gasteiger partial charge is 0.233 e. The van der Waals surface area contributed by atoms with E-state index in [9.17, 15) is 4.79 Å². The number of hydrogen-bond acceptors (Lipinski definition) is 7. The summed E-state index contributed by atoms with van der Waals surface area (Å²) in [7, 11) is 0. The van der Waals surface area contributed by atoms with Gasteiger partial charge in [-0.05, 0) is 30.7 Å². The van der Waals surface area contributed by atoms with Crippen molar-refractivity contribution in [1.82, 2.24) is 20.0 Å². The Balaban J connectivity index is 1.36. The first-order chi connectivity index (χ1) is 15.0. The molecule has 1 amide bonds. The van der Waals surface area contributed by atoms with Crippen molar-refractivity contribution in [2.45, 2.75) is 31.7 Å². The Labute approximate surface area is 186 Å². The van der Waals surface area contributed by atoms with E-state index in [1.807, 2.05) is 30.9 Å². The first-order valence-electron chi connectivity index (χ1n) is 10.5. The van der Waals surface area contributed by atoms with Gasteiger partial charge in [0.1, 0.15) is 5.03 Å². The van der Waals surface area contributed by atoms with Crippen LogP contribution in [0.15, 0.2) is 52.1 Å². The van der Waals surface area contributed by atoms with Gasteiger partial charge < -0.3 is 14.3 Å². The molecule has 1 aliphatic heterocycles. The number of rotatable bonds is 6. The highest BCUT2D eigenvalue weighted by Crippen LogP contribution is 2.29. The molecular formula is C23H27N5O2S. The topological polar surface area (TPSA) is 75.4 Å². The molecule has 1 fully saturated rings. The van der Waals surface area contributed by atoms with Crippen LogP contribution in [0.3, 0.4) is 0 Å². The van der Waals surface area contributed by atoms with E-state index in [0.29, 0.717) is 17.5 Å². The molecule has 0 N–H and O–H groups in total. The maximum Gasteiger partial charge on any atom is 0.233 e. The summed E-state index contributed by atoms with van der Waals surface area (Å²) in [5.41, 5.74) is 3.31. The molecule has 4 rings (SSSR count). The summed E-state index contributed by atoms with van der Waals surface area (Å²) in [5.74, 6) is 1.73. The van der Waals surface area contributed by atoms with Crippen LogP contribution >= 0.6 is 11.8 Å². The van der Waals surface area contributed by atoms with E-state index in [0.717, 1.165) is 36.8 Å². The molecule has 0 spiro atoms. The first-order valence-corrected chi connectivity index (χ1v) is 11.5. The lowest BCUT2D eigenvalue weighted by Crippen LogP contribution is -2.49. The van der Waals surface area contributed by atoms with Crippen LogP contribution in [0.5, 0.6) is 0 Å². The molecule has 0 atom stereocenters. The quantitative estimate of drug-likeness (QED) is 0.540. The van der Waals surface area contributed by atoms with Crippen molar-refractivity contribution in [3.8, 4) is 11.4 Å². The van der Waals surface area contributed by atoms with Gasteiger partial charge >= 0.3 is 0 Å². The number of carbonyl (C=O) groups excluding carboxylic acids is 1. The average Bonchev–Trinajstić information content (AvgIpc) is 3.29. The lowest BCUT2D eigenvalue weighted by Gasteiger charge is -2.36. The van der Waals surface area contributed by atoms with E-state index in [1.165, 1.54) is 23.0 Å². The van der Waals surface area contributed by atoms with Crippen molar-refractivity contribution in [2.75, 3.05) is 36.8 Å². The molecule has 162 valence electrons. The number of aryl methyl sites for hydroxylation is 1. The maximum atomic E-state index is 12.8. The predicted octanol–water partition coefficient (Wildman–Crippen LogP) is 4.00. The lowest BCUT2D eigenvalue weighted by atomic mass is 10.1. The van der Waals surface area contributed by atoms with Crippen LogP contribution in [0, 0.1) is 6.92 Å². The first kappa shape index (κ1) is 21.4. The normalized spacial score (nSPS) is 14.3. The van der Waals surface area contributed by atoms with Gasteiger partial charge in [0.05, 0.1) is 11.3 Å². The number of hydrogen-bond donors (Lipinski definition) is 0. The number of amides is 1. The number of thioether (sulfide) groups is 1. The van der Waals surface area contributed by atoms with Crippen LogP contribution in [0.1, 0.15) is 31.2 Å². The van der Waals surface area contributed by atoms with Gasteiger partial charge in [0.25, 0.3) is 0 Å². The van der Waals surface area contributed by atoms with Gasteiger partial charge in [0.2, 0.25) is 17.6 Å². The molecule has 2 aromatic heterocycles. The molecule has 0 bridgehead atoms. The summed E-state index contributed by atoms with van der Waals surface area (Å²) < 4.78 is 5.33. The van der Waals surface area contributed by atoms with Crippen LogP contribution in [-0.4, -0.2) is 57.9 Å². The minimum Gasteiger partial charge on any atom is -0.368 e. The summed E-state index contributed by atoms with van der Waals surface area (Å²) in [6.45, 7) is 9.29. The van der Waals surface area contributed by atoms with Crippen molar-refractivity contribution in [1.29, 1.82) is 0 Å². The number of piperazine rings is 1. The molecule has 0 radical (unpaired) electrons. The van der Waals surface area contributed by atoms with E-state index < -0.39 is 0 Å². The Morgan fingerprint density at radius 3 is 2.61 bits per heavy atom. The van der Waals surface area contributed by atoms with E-state index in [1.54, 1.807) is 6.20 Å². The minimum atomic E-state index is 0.127. The number of para-hydroxylation sites is 1. The Kier molecular flexibility index (Phi) is 6.56. The van der Waals surface area contributed by atoms with E-state index >= 15 is 0 Å². The van der Waals surface area contributed by atoms with Gasteiger partial charge in [-0.15, -0.1) is 0 Å². The summed E-state index contributed by atoms with van der Waals surface area (Å²) in [6.07, 6.45) is 1.72. The summed E-state index contributed by atoms with van der Waals surface area (Å²) in [6, 6.07) is 12.2. The van der Waals surface area contributed by atoms with Gasteiger partial charge in [0.15, 0.2) is 0 Å². The standard InChI is InChI=1S/C23H27N5O2S/c1-16(2)22-25-21(26-30-22)18-8-6-10-24-23(18)31-15-20(29)28-13-11-27(12-14-28)19-9-5-4-7-17(19)3/h4-10,16H,11-15H2,1-3H3. The van der Waals surface area contributed by atoms with Gasteiger partial charge in [-0.3, -0.25) is 4.79 Å². The van der Waals surface area contributed by atoms with E-state index in [4.69, 9.17) is 4.52 Å². The fraction of sp³-hybridized carbons (Fsp3) is 0.391. The van der Waals surface area contributed by atoms with Gasteiger partial charge in [-0.2, -0.15) is 4.98 Å². The SMILES string of the molecule is Cc1ccccc1N1CCN(C(=O)CSc2ncccc2-c2noc(C(C)C)n2)CC1. The van der Waals surface area contributed by atoms with Gasteiger partial charge in [0, 0.05) is 44.0 Å². The predicted molar refractivity (Wildman–Crippen MR) is 122 cm³/mol.